The van der Waals surface area contributed by atoms with Gasteiger partial charge in [-0.15, -0.1) is 0 Å². The highest BCUT2D eigenvalue weighted by Crippen LogP contribution is 2.33. The summed E-state index contributed by atoms with van der Waals surface area (Å²) >= 11 is 0. The fraction of sp³-hybridized carbons (Fsp3) is 0.714. The van der Waals surface area contributed by atoms with Gasteiger partial charge in [-0.25, -0.2) is 4.79 Å². The van der Waals surface area contributed by atoms with Crippen molar-refractivity contribution in [2.75, 3.05) is 6.61 Å². The molecule has 1 atom stereocenters. The second-order valence-electron chi connectivity index (χ2n) is 2.61. The van der Waals surface area contributed by atoms with Crippen LogP contribution >= 0.6 is 0 Å². The van der Waals surface area contributed by atoms with E-state index in [1.54, 1.807) is 0 Å². The summed E-state index contributed by atoms with van der Waals surface area (Å²) in [5.74, 6) is -0.174. The molecule has 2 aliphatic heterocycles. The zero-order chi connectivity index (χ0) is 6.97. The van der Waals surface area contributed by atoms with Crippen LogP contribution in [0, 0.1) is 6.10 Å². The average Bonchev–Trinajstić information content (AvgIpc) is 2.69. The molecule has 3 nitrogen and oxygen atoms in total. The number of hydrogen-bond donors (Lipinski definition) is 0. The van der Waals surface area contributed by atoms with Crippen molar-refractivity contribution in [3.63, 3.8) is 0 Å². The second kappa shape index (κ2) is 2.23. The monoisotopic (exact) mass is 141 g/mol. The van der Waals surface area contributed by atoms with Crippen LogP contribution < -0.4 is 0 Å². The van der Waals surface area contributed by atoms with E-state index >= 15 is 0 Å². The maximum Gasteiger partial charge on any atom is 0.359 e. The van der Waals surface area contributed by atoms with Crippen molar-refractivity contribution in [1.29, 1.82) is 0 Å². The molecule has 2 heterocycles. The van der Waals surface area contributed by atoms with E-state index in [1.807, 2.05) is 0 Å². The predicted octanol–water partition coefficient (Wildman–Crippen LogP) is 0.644. The topological polar surface area (TPSA) is 38.8 Å². The van der Waals surface area contributed by atoms with Gasteiger partial charge in [0.25, 0.3) is 6.10 Å². The molecule has 10 heavy (non-hydrogen) atoms. The Morgan fingerprint density at radius 3 is 2.70 bits per heavy atom. The first-order valence-electron chi connectivity index (χ1n) is 3.58. The van der Waals surface area contributed by atoms with Crippen molar-refractivity contribution in [2.45, 2.75) is 25.4 Å². The van der Waals surface area contributed by atoms with Gasteiger partial charge in [0, 0.05) is 6.61 Å². The highest BCUT2D eigenvalue weighted by Gasteiger charge is 2.48. The number of carbonyl (C=O) groups is 1. The molecule has 2 saturated heterocycles. The highest BCUT2D eigenvalue weighted by atomic mass is 16.7. The Morgan fingerprint density at radius 1 is 1.40 bits per heavy atom. The van der Waals surface area contributed by atoms with Crippen molar-refractivity contribution in [3.05, 3.63) is 6.10 Å². The molecule has 55 valence electrons. The molecule has 0 aromatic carbocycles. The van der Waals surface area contributed by atoms with Crippen LogP contribution in [0.4, 0.5) is 0 Å². The normalized spacial score (nSPS) is 33.6. The number of hydrogen-bond acceptors (Lipinski definition) is 3. The predicted molar refractivity (Wildman–Crippen MR) is 32.9 cm³/mol. The van der Waals surface area contributed by atoms with Crippen LogP contribution in [-0.2, 0) is 14.3 Å². The van der Waals surface area contributed by atoms with Crippen molar-refractivity contribution >= 4 is 5.97 Å². The van der Waals surface area contributed by atoms with Gasteiger partial charge in [-0.05, 0) is 19.3 Å². The van der Waals surface area contributed by atoms with Gasteiger partial charge in [0.05, 0.1) is 0 Å². The van der Waals surface area contributed by atoms with Crippen LogP contribution in [-0.4, -0.2) is 18.7 Å². The van der Waals surface area contributed by atoms with Gasteiger partial charge in [-0.2, -0.15) is 0 Å². The summed E-state index contributed by atoms with van der Waals surface area (Å²) in [5, 5.41) is 0. The van der Waals surface area contributed by atoms with E-state index in [-0.39, 0.29) is 12.1 Å². The quantitative estimate of drug-likeness (QED) is 0.503. The molecule has 2 rings (SSSR count). The zero-order valence-electron chi connectivity index (χ0n) is 5.63. The average molecular weight is 141 g/mol. The molecule has 0 N–H and O–H groups in total. The van der Waals surface area contributed by atoms with E-state index in [2.05, 4.69) is 4.74 Å². The van der Waals surface area contributed by atoms with Gasteiger partial charge < -0.3 is 9.47 Å². The SMILES string of the molecule is O=C1O[C]1C1CCCCO1. The van der Waals surface area contributed by atoms with E-state index < -0.39 is 0 Å². The molecule has 0 spiro atoms. The van der Waals surface area contributed by atoms with Gasteiger partial charge in [-0.1, -0.05) is 0 Å². The van der Waals surface area contributed by atoms with Crippen LogP contribution in [0.15, 0.2) is 0 Å². The van der Waals surface area contributed by atoms with E-state index in [0.717, 1.165) is 25.9 Å². The van der Waals surface area contributed by atoms with Gasteiger partial charge >= 0.3 is 5.97 Å². The fourth-order valence-electron chi connectivity index (χ4n) is 1.22. The molecule has 3 heteroatoms. The summed E-state index contributed by atoms with van der Waals surface area (Å²) in [7, 11) is 0. The summed E-state index contributed by atoms with van der Waals surface area (Å²) in [6.07, 6.45) is 3.73. The molecule has 0 amide bonds. The Bertz CT molecular complexity index is 149. The van der Waals surface area contributed by atoms with Gasteiger partial charge in [0.1, 0.15) is 6.10 Å². The molecule has 0 saturated carbocycles. The smallest absolute Gasteiger partial charge is 0.359 e. The van der Waals surface area contributed by atoms with Gasteiger partial charge in [0.2, 0.25) is 0 Å². The third-order valence-electron chi connectivity index (χ3n) is 1.83. The van der Waals surface area contributed by atoms with Crippen LogP contribution in [0.1, 0.15) is 19.3 Å². The molecule has 2 fully saturated rings. The Morgan fingerprint density at radius 2 is 2.20 bits per heavy atom. The maximum atomic E-state index is 10.4. The molecular weight excluding hydrogens is 132 g/mol. The number of carbonyl (C=O) groups excluding carboxylic acids is 1. The molecular formula is C7H9O3. The summed E-state index contributed by atoms with van der Waals surface area (Å²) in [5.41, 5.74) is 0. The number of rotatable bonds is 1. The van der Waals surface area contributed by atoms with E-state index in [1.165, 1.54) is 0 Å². The lowest BCUT2D eigenvalue weighted by molar-refractivity contribution is -0.117. The largest absolute Gasteiger partial charge is 0.436 e. The summed E-state index contributed by atoms with van der Waals surface area (Å²) < 4.78 is 9.90. The lowest BCUT2D eigenvalue weighted by atomic mass is 10.1. The minimum absolute atomic E-state index is 0.0127. The van der Waals surface area contributed by atoms with Gasteiger partial charge in [0.15, 0.2) is 0 Å². The summed E-state index contributed by atoms with van der Waals surface area (Å²) in [6, 6.07) is 0. The van der Waals surface area contributed by atoms with E-state index in [9.17, 15) is 4.79 Å². The Hall–Kier alpha value is -0.570. The third-order valence-corrected chi connectivity index (χ3v) is 1.83. The fourth-order valence-corrected chi connectivity index (χ4v) is 1.22. The molecule has 0 bridgehead atoms. The third kappa shape index (κ3) is 1.01. The molecule has 1 radical (unpaired) electrons. The van der Waals surface area contributed by atoms with Crippen LogP contribution in [0.5, 0.6) is 0 Å². The van der Waals surface area contributed by atoms with Crippen molar-refractivity contribution in [3.8, 4) is 0 Å². The van der Waals surface area contributed by atoms with Crippen LogP contribution in [0.3, 0.4) is 0 Å². The second-order valence-corrected chi connectivity index (χ2v) is 2.61. The van der Waals surface area contributed by atoms with Crippen LogP contribution in [0.25, 0.3) is 0 Å². The van der Waals surface area contributed by atoms with Crippen molar-refractivity contribution in [1.82, 2.24) is 0 Å². The summed E-state index contributed by atoms with van der Waals surface area (Å²) in [6.45, 7) is 0.769. The Labute approximate surface area is 59.3 Å². The maximum absolute atomic E-state index is 10.4. The number of ether oxygens (including phenoxy) is 2. The van der Waals surface area contributed by atoms with Gasteiger partial charge in [-0.3, -0.25) is 0 Å². The van der Waals surface area contributed by atoms with E-state index in [4.69, 9.17) is 4.74 Å². The van der Waals surface area contributed by atoms with Crippen LogP contribution in [0.2, 0.25) is 0 Å². The Kier molecular flexibility index (Phi) is 1.38. The molecule has 2 aliphatic rings. The number of epoxide rings is 1. The first-order valence-corrected chi connectivity index (χ1v) is 3.58. The molecule has 0 aromatic heterocycles. The standard InChI is InChI=1S/C7H9O3/c8-7-6(10-7)5-3-1-2-4-9-5/h5H,1-4H2. The lowest BCUT2D eigenvalue weighted by Gasteiger charge is -2.17. The molecule has 1 unspecified atom stereocenters. The minimum Gasteiger partial charge on any atom is -0.436 e. The first kappa shape index (κ1) is 6.16. The van der Waals surface area contributed by atoms with Crippen molar-refractivity contribution < 1.29 is 14.3 Å². The highest BCUT2D eigenvalue weighted by molar-refractivity contribution is 5.97. The lowest BCUT2D eigenvalue weighted by Crippen LogP contribution is -2.20. The molecule has 0 aromatic rings. The minimum atomic E-state index is -0.174. The number of cyclic esters (lactones) is 1. The Balaban J connectivity index is 1.86. The van der Waals surface area contributed by atoms with Crippen molar-refractivity contribution in [2.24, 2.45) is 0 Å². The zero-order valence-corrected chi connectivity index (χ0v) is 5.63. The van der Waals surface area contributed by atoms with E-state index in [0.29, 0.717) is 6.10 Å². The summed E-state index contributed by atoms with van der Waals surface area (Å²) in [4.78, 5) is 10.4. The molecule has 0 aliphatic carbocycles. The first-order chi connectivity index (χ1) is 4.88.